The fourth-order valence-electron chi connectivity index (χ4n) is 1.69. The fourth-order valence-corrected chi connectivity index (χ4v) is 1.69. The van der Waals surface area contributed by atoms with Gasteiger partial charge in [0, 0.05) is 17.5 Å². The molecule has 0 saturated carbocycles. The van der Waals surface area contributed by atoms with Gasteiger partial charge in [-0.25, -0.2) is 9.97 Å². The summed E-state index contributed by atoms with van der Waals surface area (Å²) in [5.41, 5.74) is 9.67. The third-order valence-electron chi connectivity index (χ3n) is 2.76. The molecule has 2 aromatic rings. The Labute approximate surface area is 100 Å². The predicted octanol–water partition coefficient (Wildman–Crippen LogP) is 1.44. The molecule has 88 valence electrons. The topological polar surface area (TPSA) is 72.0 Å². The zero-order chi connectivity index (χ0) is 12.3. The van der Waals surface area contributed by atoms with Crippen LogP contribution in [0.4, 0.5) is 0 Å². The molecule has 17 heavy (non-hydrogen) atoms. The largest absolute Gasteiger partial charge is 0.394 e. The second kappa shape index (κ2) is 5.03. The Morgan fingerprint density at radius 2 is 2.00 bits per heavy atom. The zero-order valence-corrected chi connectivity index (χ0v) is 9.67. The molecule has 1 atom stereocenters. The number of rotatable bonds is 3. The first kappa shape index (κ1) is 11.7. The van der Waals surface area contributed by atoms with Crippen LogP contribution in [0.3, 0.4) is 0 Å². The summed E-state index contributed by atoms with van der Waals surface area (Å²) in [6.07, 6.45) is 3.33. The average molecular weight is 229 g/mol. The molecule has 0 radical (unpaired) electrons. The normalized spacial score (nSPS) is 12.4. The van der Waals surface area contributed by atoms with Crippen molar-refractivity contribution in [1.82, 2.24) is 9.97 Å². The molecule has 0 amide bonds. The van der Waals surface area contributed by atoms with Crippen LogP contribution in [0.15, 0.2) is 36.8 Å². The molecule has 0 unspecified atom stereocenters. The van der Waals surface area contributed by atoms with Gasteiger partial charge in [-0.2, -0.15) is 0 Å². The standard InChI is InChI=1S/C13H15N3O/c1-9-12(6-15-8-16-9)10-2-4-11(5-3-10)13(14)7-17/h2-6,8,13,17H,7,14H2,1H3/t13-/m0/s1. The van der Waals surface area contributed by atoms with Gasteiger partial charge in [0.05, 0.1) is 12.6 Å². The summed E-state index contributed by atoms with van der Waals surface area (Å²) < 4.78 is 0. The molecule has 0 bridgehead atoms. The van der Waals surface area contributed by atoms with Crippen LogP contribution >= 0.6 is 0 Å². The predicted molar refractivity (Wildman–Crippen MR) is 66.2 cm³/mol. The van der Waals surface area contributed by atoms with E-state index >= 15 is 0 Å². The van der Waals surface area contributed by atoms with E-state index in [-0.39, 0.29) is 12.6 Å². The molecule has 0 aliphatic rings. The van der Waals surface area contributed by atoms with Crippen LogP contribution in [0, 0.1) is 6.92 Å². The minimum absolute atomic E-state index is 0.0488. The van der Waals surface area contributed by atoms with E-state index in [4.69, 9.17) is 10.8 Å². The highest BCUT2D eigenvalue weighted by molar-refractivity contribution is 5.64. The Kier molecular flexibility index (Phi) is 3.46. The van der Waals surface area contributed by atoms with E-state index in [9.17, 15) is 0 Å². The molecule has 1 aromatic heterocycles. The molecule has 0 aliphatic heterocycles. The summed E-state index contributed by atoms with van der Waals surface area (Å²) in [4.78, 5) is 8.17. The van der Waals surface area contributed by atoms with Crippen LogP contribution in [0.25, 0.3) is 11.1 Å². The van der Waals surface area contributed by atoms with Crippen LogP contribution in [0.1, 0.15) is 17.3 Å². The number of benzene rings is 1. The maximum Gasteiger partial charge on any atom is 0.115 e. The number of hydrogen-bond donors (Lipinski definition) is 2. The maximum absolute atomic E-state index is 8.97. The van der Waals surface area contributed by atoms with E-state index < -0.39 is 0 Å². The van der Waals surface area contributed by atoms with E-state index in [0.717, 1.165) is 22.4 Å². The Morgan fingerprint density at radius 3 is 2.59 bits per heavy atom. The smallest absolute Gasteiger partial charge is 0.115 e. The van der Waals surface area contributed by atoms with Gasteiger partial charge >= 0.3 is 0 Å². The zero-order valence-electron chi connectivity index (χ0n) is 9.67. The minimum atomic E-state index is -0.322. The van der Waals surface area contributed by atoms with Crippen molar-refractivity contribution in [3.05, 3.63) is 48.0 Å². The second-order valence-electron chi connectivity index (χ2n) is 3.93. The van der Waals surface area contributed by atoms with Crippen LogP contribution < -0.4 is 5.73 Å². The third kappa shape index (κ3) is 2.49. The summed E-state index contributed by atoms with van der Waals surface area (Å²) in [5.74, 6) is 0. The lowest BCUT2D eigenvalue weighted by Gasteiger charge is -2.10. The third-order valence-corrected chi connectivity index (χ3v) is 2.76. The summed E-state index contributed by atoms with van der Waals surface area (Å²) in [7, 11) is 0. The van der Waals surface area contributed by atoms with E-state index in [2.05, 4.69) is 9.97 Å². The molecule has 0 spiro atoms. The molecule has 4 nitrogen and oxygen atoms in total. The lowest BCUT2D eigenvalue weighted by molar-refractivity contribution is 0.268. The number of nitrogens with two attached hydrogens (primary N) is 1. The molecular weight excluding hydrogens is 214 g/mol. The number of aliphatic hydroxyl groups excluding tert-OH is 1. The fraction of sp³-hybridized carbons (Fsp3) is 0.231. The van der Waals surface area contributed by atoms with Crippen molar-refractivity contribution in [3.63, 3.8) is 0 Å². The Morgan fingerprint density at radius 1 is 1.29 bits per heavy atom. The van der Waals surface area contributed by atoms with Gasteiger partial charge in [0.15, 0.2) is 0 Å². The van der Waals surface area contributed by atoms with E-state index in [1.807, 2.05) is 31.2 Å². The van der Waals surface area contributed by atoms with Gasteiger partial charge in [-0.15, -0.1) is 0 Å². The number of aromatic nitrogens is 2. The van der Waals surface area contributed by atoms with E-state index in [0.29, 0.717) is 0 Å². The van der Waals surface area contributed by atoms with E-state index in [1.54, 1.807) is 6.20 Å². The summed E-state index contributed by atoms with van der Waals surface area (Å²) >= 11 is 0. The SMILES string of the molecule is Cc1ncncc1-c1ccc([C@@H](N)CO)cc1. The van der Waals surface area contributed by atoms with Crippen molar-refractivity contribution >= 4 is 0 Å². The molecule has 3 N–H and O–H groups in total. The van der Waals surface area contributed by atoms with Crippen molar-refractivity contribution < 1.29 is 5.11 Å². The van der Waals surface area contributed by atoms with Crippen LogP contribution in [-0.2, 0) is 0 Å². The van der Waals surface area contributed by atoms with Gasteiger partial charge in [0.1, 0.15) is 6.33 Å². The second-order valence-corrected chi connectivity index (χ2v) is 3.93. The van der Waals surface area contributed by atoms with Gasteiger partial charge in [-0.05, 0) is 18.1 Å². The first-order valence-electron chi connectivity index (χ1n) is 5.45. The van der Waals surface area contributed by atoms with Gasteiger partial charge in [-0.1, -0.05) is 24.3 Å². The summed E-state index contributed by atoms with van der Waals surface area (Å²) in [5, 5.41) is 8.97. The molecule has 0 fully saturated rings. The van der Waals surface area contributed by atoms with Gasteiger partial charge in [-0.3, -0.25) is 0 Å². The van der Waals surface area contributed by atoms with Crippen molar-refractivity contribution in [2.45, 2.75) is 13.0 Å². The van der Waals surface area contributed by atoms with Gasteiger partial charge in [0.2, 0.25) is 0 Å². The highest BCUT2D eigenvalue weighted by atomic mass is 16.3. The molecule has 4 heteroatoms. The molecule has 2 rings (SSSR count). The number of hydrogen-bond acceptors (Lipinski definition) is 4. The highest BCUT2D eigenvalue weighted by Gasteiger charge is 2.06. The average Bonchev–Trinajstić information content (AvgIpc) is 2.39. The van der Waals surface area contributed by atoms with E-state index in [1.165, 1.54) is 6.33 Å². The lowest BCUT2D eigenvalue weighted by Crippen LogP contribution is -2.14. The molecular formula is C13H15N3O. The van der Waals surface area contributed by atoms with Crippen LogP contribution in [0.2, 0.25) is 0 Å². The van der Waals surface area contributed by atoms with Gasteiger partial charge < -0.3 is 10.8 Å². The molecule has 1 heterocycles. The van der Waals surface area contributed by atoms with Crippen LogP contribution in [-0.4, -0.2) is 21.7 Å². The Hall–Kier alpha value is -1.78. The maximum atomic E-state index is 8.97. The first-order valence-corrected chi connectivity index (χ1v) is 5.45. The molecule has 1 aromatic carbocycles. The molecule has 0 aliphatic carbocycles. The van der Waals surface area contributed by atoms with Crippen molar-refractivity contribution in [1.29, 1.82) is 0 Å². The van der Waals surface area contributed by atoms with Crippen molar-refractivity contribution in [2.24, 2.45) is 5.73 Å². The van der Waals surface area contributed by atoms with Gasteiger partial charge in [0.25, 0.3) is 0 Å². The number of aryl methyl sites for hydroxylation is 1. The summed E-state index contributed by atoms with van der Waals surface area (Å²) in [6, 6.07) is 7.45. The monoisotopic (exact) mass is 229 g/mol. The van der Waals surface area contributed by atoms with Crippen molar-refractivity contribution in [3.8, 4) is 11.1 Å². The summed E-state index contributed by atoms with van der Waals surface area (Å²) in [6.45, 7) is 1.90. The number of aliphatic hydroxyl groups is 1. The van der Waals surface area contributed by atoms with Crippen molar-refractivity contribution in [2.75, 3.05) is 6.61 Å². The van der Waals surface area contributed by atoms with Crippen LogP contribution in [0.5, 0.6) is 0 Å². The minimum Gasteiger partial charge on any atom is -0.394 e. The quantitative estimate of drug-likeness (QED) is 0.835. The highest BCUT2D eigenvalue weighted by Crippen LogP contribution is 2.22. The number of nitrogens with zero attached hydrogens (tertiary/aromatic N) is 2. The first-order chi connectivity index (χ1) is 8.22. The lowest BCUT2D eigenvalue weighted by atomic mass is 10.0. The Balaban J connectivity index is 2.33. The molecule has 0 saturated heterocycles. The Bertz CT molecular complexity index is 496.